The summed E-state index contributed by atoms with van der Waals surface area (Å²) in [5.41, 5.74) is 0. The van der Waals surface area contributed by atoms with Gasteiger partial charge in [-0.25, -0.2) is 9.97 Å². The zero-order valence-corrected chi connectivity index (χ0v) is 7.10. The molecule has 1 amide bonds. The predicted octanol–water partition coefficient (Wildman–Crippen LogP) is 0.0786. The Bertz CT molecular complexity index is 255. The standard InChI is InChI=1S/C4H4N2O.C4H7NO/c7-4-5-2-1-3-6-4;6-4-2-1-3-5-4/h1-3H,(H,5,6,7);1-3H2,(H,5,6). The second kappa shape index (κ2) is 5.08. The summed E-state index contributed by atoms with van der Waals surface area (Å²) in [6, 6.07) is 1.46. The van der Waals surface area contributed by atoms with Crippen LogP contribution in [0.4, 0.5) is 0 Å². The molecule has 13 heavy (non-hydrogen) atoms. The van der Waals surface area contributed by atoms with Crippen molar-refractivity contribution in [1.29, 1.82) is 0 Å². The van der Waals surface area contributed by atoms with Crippen molar-refractivity contribution in [1.82, 2.24) is 15.3 Å². The summed E-state index contributed by atoms with van der Waals surface area (Å²) >= 11 is 0. The Morgan fingerprint density at radius 1 is 1.38 bits per heavy atom. The van der Waals surface area contributed by atoms with Crippen LogP contribution in [0.2, 0.25) is 0 Å². The van der Waals surface area contributed by atoms with Crippen LogP contribution in [0.25, 0.3) is 0 Å². The van der Waals surface area contributed by atoms with Crippen LogP contribution in [0.3, 0.4) is 0 Å². The lowest BCUT2D eigenvalue weighted by atomic mass is 10.4. The lowest BCUT2D eigenvalue weighted by Gasteiger charge is -1.80. The molecule has 1 fully saturated rings. The summed E-state index contributed by atoms with van der Waals surface area (Å²) in [7, 11) is 0. The van der Waals surface area contributed by atoms with E-state index >= 15 is 0 Å². The SMILES string of the molecule is O=C1CCCN1.Oc1ncccn1. The quantitative estimate of drug-likeness (QED) is 0.594. The lowest BCUT2D eigenvalue weighted by molar-refractivity contribution is -0.119. The Morgan fingerprint density at radius 2 is 2.08 bits per heavy atom. The molecule has 2 N–H and O–H groups in total. The average Bonchev–Trinajstić information content (AvgIpc) is 2.58. The molecule has 1 saturated heterocycles. The van der Waals surface area contributed by atoms with Crippen molar-refractivity contribution < 1.29 is 9.90 Å². The maximum Gasteiger partial charge on any atom is 0.313 e. The van der Waals surface area contributed by atoms with Gasteiger partial charge in [0.05, 0.1) is 0 Å². The molecule has 0 aromatic carbocycles. The van der Waals surface area contributed by atoms with Gasteiger partial charge >= 0.3 is 6.01 Å². The highest BCUT2D eigenvalue weighted by molar-refractivity contribution is 5.77. The van der Waals surface area contributed by atoms with Crippen molar-refractivity contribution >= 4 is 5.91 Å². The first-order valence-electron chi connectivity index (χ1n) is 4.02. The first kappa shape index (κ1) is 9.44. The molecule has 0 saturated carbocycles. The number of carbonyl (C=O) groups is 1. The summed E-state index contributed by atoms with van der Waals surface area (Å²) in [5.74, 6) is 0.204. The Labute approximate surface area is 75.8 Å². The van der Waals surface area contributed by atoms with E-state index in [1.165, 1.54) is 12.4 Å². The van der Waals surface area contributed by atoms with Gasteiger partial charge in [0.25, 0.3) is 0 Å². The number of nitrogens with one attached hydrogen (secondary N) is 1. The second-order valence-electron chi connectivity index (χ2n) is 2.50. The van der Waals surface area contributed by atoms with Gasteiger partial charge in [0.1, 0.15) is 0 Å². The van der Waals surface area contributed by atoms with Crippen LogP contribution in [-0.4, -0.2) is 27.5 Å². The second-order valence-corrected chi connectivity index (χ2v) is 2.50. The van der Waals surface area contributed by atoms with E-state index in [4.69, 9.17) is 5.11 Å². The molecule has 70 valence electrons. The van der Waals surface area contributed by atoms with Gasteiger partial charge in [-0.15, -0.1) is 0 Å². The molecule has 0 spiro atoms. The van der Waals surface area contributed by atoms with Crippen molar-refractivity contribution in [3.63, 3.8) is 0 Å². The summed E-state index contributed by atoms with van der Waals surface area (Å²) in [6.07, 6.45) is 4.71. The average molecular weight is 181 g/mol. The molecule has 0 unspecified atom stereocenters. The highest BCUT2D eigenvalue weighted by atomic mass is 16.3. The van der Waals surface area contributed by atoms with E-state index in [1.807, 2.05) is 0 Å². The van der Waals surface area contributed by atoms with Gasteiger partial charge in [0.15, 0.2) is 0 Å². The monoisotopic (exact) mass is 181 g/mol. The first-order chi connectivity index (χ1) is 6.29. The van der Waals surface area contributed by atoms with Gasteiger partial charge < -0.3 is 10.4 Å². The number of carbonyl (C=O) groups excluding carboxylic acids is 1. The summed E-state index contributed by atoms with van der Waals surface area (Å²) in [6.45, 7) is 0.888. The van der Waals surface area contributed by atoms with Gasteiger partial charge in [-0.05, 0) is 12.5 Å². The predicted molar refractivity (Wildman–Crippen MR) is 45.9 cm³/mol. The smallest absolute Gasteiger partial charge is 0.313 e. The van der Waals surface area contributed by atoms with Crippen LogP contribution < -0.4 is 5.32 Å². The Kier molecular flexibility index (Phi) is 3.69. The van der Waals surface area contributed by atoms with Crippen molar-refractivity contribution in [3.05, 3.63) is 18.5 Å². The molecule has 2 rings (SSSR count). The fraction of sp³-hybridized carbons (Fsp3) is 0.375. The van der Waals surface area contributed by atoms with E-state index < -0.39 is 0 Å². The van der Waals surface area contributed by atoms with Crippen LogP contribution in [-0.2, 0) is 4.79 Å². The van der Waals surface area contributed by atoms with Crippen molar-refractivity contribution in [2.75, 3.05) is 6.54 Å². The summed E-state index contributed by atoms with van der Waals surface area (Å²) in [5, 5.41) is 11.1. The number of amides is 1. The van der Waals surface area contributed by atoms with Gasteiger partial charge in [0.2, 0.25) is 5.91 Å². The van der Waals surface area contributed by atoms with E-state index in [0.717, 1.165) is 19.4 Å². The van der Waals surface area contributed by atoms with E-state index in [1.54, 1.807) is 6.07 Å². The number of nitrogens with zero attached hydrogens (tertiary/aromatic N) is 2. The third-order valence-electron chi connectivity index (χ3n) is 1.45. The highest BCUT2D eigenvalue weighted by Crippen LogP contribution is 1.93. The normalized spacial score (nSPS) is 14.3. The maximum atomic E-state index is 10.1. The molecule has 0 aliphatic carbocycles. The molecule has 5 nitrogen and oxygen atoms in total. The third-order valence-corrected chi connectivity index (χ3v) is 1.45. The molecular formula is C8H11N3O2. The van der Waals surface area contributed by atoms with Gasteiger partial charge in [-0.2, -0.15) is 0 Å². The molecule has 2 heterocycles. The van der Waals surface area contributed by atoms with Gasteiger partial charge in [-0.3, -0.25) is 4.79 Å². The molecular weight excluding hydrogens is 170 g/mol. The van der Waals surface area contributed by atoms with Crippen LogP contribution >= 0.6 is 0 Å². The molecule has 1 aromatic heterocycles. The fourth-order valence-corrected chi connectivity index (χ4v) is 0.856. The van der Waals surface area contributed by atoms with E-state index in [9.17, 15) is 4.79 Å². The van der Waals surface area contributed by atoms with Gasteiger partial charge in [-0.1, -0.05) is 0 Å². The lowest BCUT2D eigenvalue weighted by Crippen LogP contribution is -2.12. The highest BCUT2D eigenvalue weighted by Gasteiger charge is 2.05. The Hall–Kier alpha value is -1.65. The van der Waals surface area contributed by atoms with E-state index in [-0.39, 0.29) is 11.9 Å². The molecule has 1 aromatic rings. The molecule has 1 aliphatic rings. The van der Waals surface area contributed by atoms with Gasteiger partial charge in [0, 0.05) is 25.4 Å². The number of hydrogen-bond donors (Lipinski definition) is 2. The number of aromatic nitrogens is 2. The molecule has 0 radical (unpaired) electrons. The van der Waals surface area contributed by atoms with Crippen molar-refractivity contribution in [2.24, 2.45) is 0 Å². The Balaban J connectivity index is 0.000000132. The minimum atomic E-state index is -0.178. The third kappa shape index (κ3) is 4.05. The minimum Gasteiger partial charge on any atom is -0.479 e. The van der Waals surface area contributed by atoms with Crippen molar-refractivity contribution in [2.45, 2.75) is 12.8 Å². The number of hydrogen-bond acceptors (Lipinski definition) is 4. The zero-order valence-electron chi connectivity index (χ0n) is 7.10. The molecule has 0 atom stereocenters. The largest absolute Gasteiger partial charge is 0.479 e. The van der Waals surface area contributed by atoms with Crippen LogP contribution in [0.1, 0.15) is 12.8 Å². The molecule has 0 bridgehead atoms. The van der Waals surface area contributed by atoms with E-state index in [2.05, 4.69) is 15.3 Å². The maximum absolute atomic E-state index is 10.1. The fourth-order valence-electron chi connectivity index (χ4n) is 0.856. The summed E-state index contributed by atoms with van der Waals surface area (Å²) in [4.78, 5) is 17.0. The topological polar surface area (TPSA) is 75.1 Å². The number of rotatable bonds is 0. The van der Waals surface area contributed by atoms with E-state index in [0.29, 0.717) is 0 Å². The summed E-state index contributed by atoms with van der Waals surface area (Å²) < 4.78 is 0. The number of aromatic hydroxyl groups is 1. The van der Waals surface area contributed by atoms with Crippen LogP contribution in [0.5, 0.6) is 6.01 Å². The minimum absolute atomic E-state index is 0.178. The zero-order chi connectivity index (χ0) is 9.52. The van der Waals surface area contributed by atoms with Crippen molar-refractivity contribution in [3.8, 4) is 6.01 Å². The Morgan fingerprint density at radius 3 is 2.31 bits per heavy atom. The first-order valence-corrected chi connectivity index (χ1v) is 4.02. The van der Waals surface area contributed by atoms with Crippen LogP contribution in [0.15, 0.2) is 18.5 Å². The molecule has 1 aliphatic heterocycles. The van der Waals surface area contributed by atoms with Crippen LogP contribution in [0, 0.1) is 0 Å². The molecule has 5 heteroatoms.